The average molecular weight is 387 g/mol. The van der Waals surface area contributed by atoms with E-state index >= 15 is 0 Å². The van der Waals surface area contributed by atoms with Crippen molar-refractivity contribution < 1.29 is 18.4 Å². The molecule has 0 aliphatic carbocycles. The van der Waals surface area contributed by atoms with Crippen LogP contribution in [0.5, 0.6) is 0 Å². The molecule has 2 aromatic heterocycles. The molecule has 0 atom stereocenters. The molecule has 1 aliphatic rings. The molecule has 0 radical (unpaired) electrons. The molecule has 0 bridgehead atoms. The number of benzene rings is 2. The zero-order valence-corrected chi connectivity index (χ0v) is 16.2. The predicted molar refractivity (Wildman–Crippen MR) is 107 cm³/mol. The highest BCUT2D eigenvalue weighted by molar-refractivity contribution is 6.21. The van der Waals surface area contributed by atoms with Crippen molar-refractivity contribution in [3.8, 4) is 0 Å². The summed E-state index contributed by atoms with van der Waals surface area (Å²) in [5, 5.41) is 1.68. The predicted octanol–water partition coefficient (Wildman–Crippen LogP) is 4.26. The second-order valence-corrected chi connectivity index (χ2v) is 7.39. The van der Waals surface area contributed by atoms with Gasteiger partial charge in [0, 0.05) is 16.3 Å². The average Bonchev–Trinajstić information content (AvgIpc) is 3.19. The Morgan fingerprint density at radius 2 is 1.48 bits per heavy atom. The Morgan fingerprint density at radius 3 is 2.14 bits per heavy atom. The minimum atomic E-state index is -0.558. The number of carbonyl (C=O) groups is 2. The van der Waals surface area contributed by atoms with Gasteiger partial charge in [0.25, 0.3) is 11.8 Å². The number of fused-ring (bicyclic) bond motifs is 3. The molecule has 3 heterocycles. The molecule has 0 spiro atoms. The number of carbonyl (C=O) groups excluding carboxylic acids is 2. The number of furan rings is 1. The fraction of sp³-hybridized carbons (Fsp3) is 0.174. The lowest BCUT2D eigenvalue weighted by atomic mass is 10.0. The molecule has 29 heavy (non-hydrogen) atoms. The van der Waals surface area contributed by atoms with E-state index in [-0.39, 0.29) is 6.54 Å². The number of amides is 2. The third kappa shape index (κ3) is 2.38. The van der Waals surface area contributed by atoms with Gasteiger partial charge >= 0.3 is 5.63 Å². The van der Waals surface area contributed by atoms with Gasteiger partial charge in [-0.15, -0.1) is 0 Å². The second kappa shape index (κ2) is 5.91. The van der Waals surface area contributed by atoms with Gasteiger partial charge in [-0.2, -0.15) is 0 Å². The van der Waals surface area contributed by atoms with Crippen molar-refractivity contribution in [3.63, 3.8) is 0 Å². The van der Waals surface area contributed by atoms with Gasteiger partial charge in [0.15, 0.2) is 0 Å². The van der Waals surface area contributed by atoms with Crippen LogP contribution in [-0.2, 0) is 6.54 Å². The molecule has 2 amide bonds. The van der Waals surface area contributed by atoms with Crippen molar-refractivity contribution in [3.05, 3.63) is 80.4 Å². The zero-order valence-electron chi connectivity index (χ0n) is 16.2. The third-order valence-corrected chi connectivity index (χ3v) is 5.60. The van der Waals surface area contributed by atoms with Crippen LogP contribution < -0.4 is 5.63 Å². The number of rotatable bonds is 2. The van der Waals surface area contributed by atoms with E-state index in [1.807, 2.05) is 32.9 Å². The van der Waals surface area contributed by atoms with Gasteiger partial charge < -0.3 is 8.83 Å². The van der Waals surface area contributed by atoms with E-state index in [0.29, 0.717) is 33.4 Å². The first kappa shape index (κ1) is 17.4. The summed E-state index contributed by atoms with van der Waals surface area (Å²) in [6.07, 6.45) is 0. The molecular formula is C23H17NO5. The van der Waals surface area contributed by atoms with E-state index < -0.39 is 17.4 Å². The standard InChI is InChI=1S/C23H17NO5/c1-11-8-14-9-17-12(2)18(23(27)29-20(17)13(3)19(14)28-11)10-24-21(25)15-6-4-5-7-16(15)22(24)26/h4-9H,10H2,1-3H3. The van der Waals surface area contributed by atoms with Crippen LogP contribution in [0.25, 0.3) is 21.9 Å². The minimum absolute atomic E-state index is 0.127. The molecule has 0 unspecified atom stereocenters. The van der Waals surface area contributed by atoms with E-state index in [0.717, 1.165) is 27.0 Å². The number of hydrogen-bond acceptors (Lipinski definition) is 5. The van der Waals surface area contributed by atoms with Gasteiger partial charge in [0.2, 0.25) is 0 Å². The summed E-state index contributed by atoms with van der Waals surface area (Å²) in [4.78, 5) is 39.3. The summed E-state index contributed by atoms with van der Waals surface area (Å²) >= 11 is 0. The number of aryl methyl sites for hydroxylation is 3. The normalized spacial score (nSPS) is 13.7. The van der Waals surface area contributed by atoms with Crippen molar-refractivity contribution in [2.75, 3.05) is 0 Å². The van der Waals surface area contributed by atoms with Gasteiger partial charge in [-0.05, 0) is 50.6 Å². The molecule has 4 aromatic rings. The maximum absolute atomic E-state index is 12.8. The Morgan fingerprint density at radius 1 is 0.828 bits per heavy atom. The van der Waals surface area contributed by atoms with Gasteiger partial charge in [-0.1, -0.05) is 12.1 Å². The molecule has 6 heteroatoms. The Balaban J connectivity index is 1.67. The summed E-state index contributed by atoms with van der Waals surface area (Å²) in [6, 6.07) is 10.5. The van der Waals surface area contributed by atoms with E-state index in [4.69, 9.17) is 8.83 Å². The van der Waals surface area contributed by atoms with Crippen LogP contribution in [0.1, 0.15) is 43.2 Å². The van der Waals surface area contributed by atoms with Gasteiger partial charge in [-0.3, -0.25) is 14.5 Å². The fourth-order valence-electron chi connectivity index (χ4n) is 4.06. The summed E-state index contributed by atoms with van der Waals surface area (Å²) < 4.78 is 11.3. The smallest absolute Gasteiger partial charge is 0.341 e. The van der Waals surface area contributed by atoms with Crippen molar-refractivity contribution in [1.29, 1.82) is 0 Å². The SMILES string of the molecule is Cc1cc2cc3c(C)c(CN4C(=O)c5ccccc5C4=O)c(=O)oc3c(C)c2o1. The Labute approximate surface area is 165 Å². The topological polar surface area (TPSA) is 80.7 Å². The van der Waals surface area contributed by atoms with Crippen LogP contribution in [0.3, 0.4) is 0 Å². The molecule has 144 valence electrons. The molecule has 2 aromatic carbocycles. The Hall–Kier alpha value is -3.67. The highest BCUT2D eigenvalue weighted by Crippen LogP contribution is 2.32. The van der Waals surface area contributed by atoms with Crippen LogP contribution in [0.2, 0.25) is 0 Å². The fourth-order valence-corrected chi connectivity index (χ4v) is 4.06. The number of nitrogens with zero attached hydrogens (tertiary/aromatic N) is 1. The molecule has 0 N–H and O–H groups in total. The Kier molecular flexibility index (Phi) is 3.55. The molecule has 5 rings (SSSR count). The van der Waals surface area contributed by atoms with Crippen molar-refractivity contribution in [2.45, 2.75) is 27.3 Å². The van der Waals surface area contributed by atoms with Crippen molar-refractivity contribution in [1.82, 2.24) is 4.90 Å². The highest BCUT2D eigenvalue weighted by Gasteiger charge is 2.36. The summed E-state index contributed by atoms with van der Waals surface area (Å²) in [5.41, 5.74) is 3.03. The van der Waals surface area contributed by atoms with Crippen LogP contribution in [0.15, 0.2) is 50.0 Å². The van der Waals surface area contributed by atoms with Gasteiger partial charge in [-0.25, -0.2) is 4.79 Å². The van der Waals surface area contributed by atoms with Crippen LogP contribution in [-0.4, -0.2) is 16.7 Å². The van der Waals surface area contributed by atoms with Gasteiger partial charge in [0.1, 0.15) is 16.9 Å². The first-order chi connectivity index (χ1) is 13.9. The maximum Gasteiger partial charge on any atom is 0.341 e. The van der Waals surface area contributed by atoms with Crippen molar-refractivity contribution >= 4 is 33.8 Å². The quantitative estimate of drug-likeness (QED) is 0.379. The second-order valence-electron chi connectivity index (χ2n) is 7.39. The van der Waals surface area contributed by atoms with Crippen LogP contribution in [0.4, 0.5) is 0 Å². The minimum Gasteiger partial charge on any atom is -0.461 e. The van der Waals surface area contributed by atoms with E-state index in [9.17, 15) is 14.4 Å². The number of hydrogen-bond donors (Lipinski definition) is 0. The molecular weight excluding hydrogens is 370 g/mol. The van der Waals surface area contributed by atoms with Crippen molar-refractivity contribution in [2.24, 2.45) is 0 Å². The Bertz CT molecular complexity index is 1390. The summed E-state index contributed by atoms with van der Waals surface area (Å²) in [5.74, 6) is -0.0344. The summed E-state index contributed by atoms with van der Waals surface area (Å²) in [6.45, 7) is 5.39. The molecule has 0 saturated heterocycles. The lowest BCUT2D eigenvalue weighted by Gasteiger charge is -2.16. The first-order valence-electron chi connectivity index (χ1n) is 9.28. The van der Waals surface area contributed by atoms with E-state index in [2.05, 4.69) is 0 Å². The lowest BCUT2D eigenvalue weighted by molar-refractivity contribution is 0.0641. The third-order valence-electron chi connectivity index (χ3n) is 5.60. The molecule has 0 fully saturated rings. The molecule has 6 nitrogen and oxygen atoms in total. The first-order valence-corrected chi connectivity index (χ1v) is 9.28. The lowest BCUT2D eigenvalue weighted by Crippen LogP contribution is -2.31. The zero-order chi connectivity index (χ0) is 20.4. The molecule has 1 aliphatic heterocycles. The van der Waals surface area contributed by atoms with Crippen LogP contribution >= 0.6 is 0 Å². The highest BCUT2D eigenvalue weighted by atomic mass is 16.4. The van der Waals surface area contributed by atoms with E-state index in [1.54, 1.807) is 24.3 Å². The summed E-state index contributed by atoms with van der Waals surface area (Å²) in [7, 11) is 0. The molecule has 0 saturated carbocycles. The largest absolute Gasteiger partial charge is 0.461 e. The number of imide groups is 1. The maximum atomic E-state index is 12.8. The monoisotopic (exact) mass is 387 g/mol. The van der Waals surface area contributed by atoms with Gasteiger partial charge in [0.05, 0.1) is 23.2 Å². The van der Waals surface area contributed by atoms with E-state index in [1.165, 1.54) is 0 Å². The van der Waals surface area contributed by atoms with Crippen LogP contribution in [0, 0.1) is 20.8 Å².